The summed E-state index contributed by atoms with van der Waals surface area (Å²) >= 11 is 1.12. The number of nitrogens with two attached hydrogens (primary N) is 1. The summed E-state index contributed by atoms with van der Waals surface area (Å²) < 4.78 is 1.77. The van der Waals surface area contributed by atoms with Crippen LogP contribution in [0.25, 0.3) is 0 Å². The lowest BCUT2D eigenvalue weighted by Crippen LogP contribution is -2.32. The maximum atomic E-state index is 11.0. The lowest BCUT2D eigenvalue weighted by atomic mass is 10.0. The minimum atomic E-state index is -0.905. The van der Waals surface area contributed by atoms with E-state index in [1.807, 2.05) is 13.8 Å². The van der Waals surface area contributed by atoms with E-state index in [4.69, 9.17) is 10.8 Å². The zero-order valence-electron chi connectivity index (χ0n) is 9.71. The Hall–Kier alpha value is -1.50. The first-order valence-corrected chi connectivity index (χ1v) is 5.98. The summed E-state index contributed by atoms with van der Waals surface area (Å²) in [6.07, 6.45) is 3.46. The van der Waals surface area contributed by atoms with Gasteiger partial charge >= 0.3 is 5.97 Å². The van der Waals surface area contributed by atoms with Crippen LogP contribution in [0, 0.1) is 0 Å². The van der Waals surface area contributed by atoms with Crippen LogP contribution < -0.4 is 5.73 Å². The van der Waals surface area contributed by atoms with Crippen molar-refractivity contribution in [2.75, 3.05) is 5.75 Å². The van der Waals surface area contributed by atoms with Gasteiger partial charge in [-0.25, -0.2) is 4.98 Å². The van der Waals surface area contributed by atoms with Crippen LogP contribution in [-0.4, -0.2) is 32.3 Å². The lowest BCUT2D eigenvalue weighted by molar-refractivity contribution is -0.134. The number of hydrogen-bond acceptors (Lipinski definition) is 4. The molecule has 3 N–H and O–H groups in total. The van der Waals surface area contributed by atoms with Gasteiger partial charge in [-0.1, -0.05) is 11.8 Å². The third kappa shape index (κ3) is 3.77. The zero-order valence-corrected chi connectivity index (χ0v) is 10.5. The number of aromatic nitrogens is 2. The Bertz CT molecular complexity index is 428. The number of carboxylic acids is 1. The molecule has 0 aliphatic rings. The molecule has 0 spiro atoms. The maximum absolute atomic E-state index is 11.0. The van der Waals surface area contributed by atoms with E-state index >= 15 is 0 Å². The summed E-state index contributed by atoms with van der Waals surface area (Å²) in [4.78, 5) is 25.5. The average Bonchev–Trinajstić information content (AvgIpc) is 2.60. The molecule has 17 heavy (non-hydrogen) atoms. The van der Waals surface area contributed by atoms with E-state index in [1.54, 1.807) is 17.0 Å². The molecule has 0 aromatic carbocycles. The zero-order chi connectivity index (χ0) is 13.1. The highest BCUT2D eigenvalue weighted by atomic mass is 32.2. The Morgan fingerprint density at radius 2 is 2.24 bits per heavy atom. The van der Waals surface area contributed by atoms with Crippen LogP contribution in [0.1, 0.15) is 20.3 Å². The molecule has 0 aliphatic heterocycles. The number of rotatable bonds is 6. The second kappa shape index (κ2) is 5.22. The second-order valence-electron chi connectivity index (χ2n) is 4.22. The third-order valence-corrected chi connectivity index (χ3v) is 3.14. The number of hydrogen-bond donors (Lipinski definition) is 2. The smallest absolute Gasteiger partial charge is 0.313 e. The van der Waals surface area contributed by atoms with Crippen LogP contribution in [0.5, 0.6) is 0 Å². The summed E-state index contributed by atoms with van der Waals surface area (Å²) in [6.45, 7) is 3.70. The van der Waals surface area contributed by atoms with E-state index in [0.29, 0.717) is 5.16 Å². The van der Waals surface area contributed by atoms with Crippen molar-refractivity contribution in [3.8, 4) is 0 Å². The molecule has 0 fully saturated rings. The van der Waals surface area contributed by atoms with Crippen molar-refractivity contribution in [1.82, 2.24) is 9.55 Å². The fourth-order valence-corrected chi connectivity index (χ4v) is 2.33. The molecule has 0 bridgehead atoms. The Labute approximate surface area is 103 Å². The molecule has 0 saturated heterocycles. The van der Waals surface area contributed by atoms with Gasteiger partial charge in [0.15, 0.2) is 5.16 Å². The molecule has 1 rings (SSSR count). The number of primary amides is 1. The number of carbonyl (C=O) groups is 2. The van der Waals surface area contributed by atoms with Gasteiger partial charge in [0.05, 0.1) is 5.75 Å². The molecule has 0 radical (unpaired) electrons. The Balaban J connectivity index is 2.86. The van der Waals surface area contributed by atoms with Gasteiger partial charge in [0.25, 0.3) is 0 Å². The summed E-state index contributed by atoms with van der Waals surface area (Å²) in [5.74, 6) is -1.38. The van der Waals surface area contributed by atoms with E-state index in [9.17, 15) is 9.59 Å². The molecular formula is C10H15N3O3S. The van der Waals surface area contributed by atoms with Crippen molar-refractivity contribution in [3.05, 3.63) is 12.4 Å². The van der Waals surface area contributed by atoms with Crippen molar-refractivity contribution in [1.29, 1.82) is 0 Å². The van der Waals surface area contributed by atoms with Crippen LogP contribution in [0.4, 0.5) is 0 Å². The highest BCUT2D eigenvalue weighted by Crippen LogP contribution is 2.26. The van der Waals surface area contributed by atoms with Crippen molar-refractivity contribution >= 4 is 23.6 Å². The fraction of sp³-hybridized carbons (Fsp3) is 0.500. The summed E-state index contributed by atoms with van der Waals surface area (Å²) in [5.41, 5.74) is 4.67. The molecule has 7 heteroatoms. The summed E-state index contributed by atoms with van der Waals surface area (Å²) in [6, 6.07) is 0. The van der Waals surface area contributed by atoms with Gasteiger partial charge in [-0.05, 0) is 13.8 Å². The molecule has 1 aromatic rings. The van der Waals surface area contributed by atoms with Gasteiger partial charge in [0, 0.05) is 24.4 Å². The van der Waals surface area contributed by atoms with Crippen LogP contribution >= 0.6 is 11.8 Å². The first kappa shape index (κ1) is 13.6. The monoisotopic (exact) mass is 257 g/mol. The lowest BCUT2D eigenvalue weighted by Gasteiger charge is -2.26. The van der Waals surface area contributed by atoms with Crippen molar-refractivity contribution < 1.29 is 14.7 Å². The number of imidazole rings is 1. The topological polar surface area (TPSA) is 98.2 Å². The van der Waals surface area contributed by atoms with Gasteiger partial charge in [-0.2, -0.15) is 0 Å². The minimum Gasteiger partial charge on any atom is -0.481 e. The molecule has 0 atom stereocenters. The minimum absolute atomic E-state index is 0.0658. The van der Waals surface area contributed by atoms with Crippen molar-refractivity contribution in [2.24, 2.45) is 5.73 Å². The van der Waals surface area contributed by atoms with E-state index < -0.39 is 17.4 Å². The highest BCUT2D eigenvalue weighted by Gasteiger charge is 2.25. The number of aliphatic carboxylic acids is 1. The first-order valence-electron chi connectivity index (χ1n) is 4.99. The van der Waals surface area contributed by atoms with Gasteiger partial charge in [-0.3, -0.25) is 9.59 Å². The van der Waals surface area contributed by atoms with Crippen LogP contribution in [0.3, 0.4) is 0 Å². The van der Waals surface area contributed by atoms with E-state index in [1.165, 1.54) is 0 Å². The fourth-order valence-electron chi connectivity index (χ4n) is 1.50. The Kier molecular flexibility index (Phi) is 4.17. The van der Waals surface area contributed by atoms with Crippen LogP contribution in [0.15, 0.2) is 17.6 Å². The summed E-state index contributed by atoms with van der Waals surface area (Å²) in [5, 5.41) is 9.19. The SMILES string of the molecule is CC(C)(CC(N)=O)n1ccnc1SCC(=O)O. The molecule has 6 nitrogen and oxygen atoms in total. The molecule has 0 saturated carbocycles. The quantitative estimate of drug-likeness (QED) is 0.730. The molecule has 0 unspecified atom stereocenters. The van der Waals surface area contributed by atoms with Crippen LogP contribution in [-0.2, 0) is 15.1 Å². The Morgan fingerprint density at radius 1 is 1.59 bits per heavy atom. The first-order chi connectivity index (χ1) is 7.83. The molecule has 0 aliphatic carbocycles. The van der Waals surface area contributed by atoms with E-state index in [0.717, 1.165) is 11.8 Å². The molecule has 94 valence electrons. The second-order valence-corrected chi connectivity index (χ2v) is 5.16. The van der Waals surface area contributed by atoms with Gasteiger partial charge in [-0.15, -0.1) is 0 Å². The van der Waals surface area contributed by atoms with Gasteiger partial charge < -0.3 is 15.4 Å². The van der Waals surface area contributed by atoms with Gasteiger partial charge in [0.2, 0.25) is 5.91 Å². The summed E-state index contributed by atoms with van der Waals surface area (Å²) in [7, 11) is 0. The molecule has 1 heterocycles. The van der Waals surface area contributed by atoms with Crippen LogP contribution in [0.2, 0.25) is 0 Å². The number of carbonyl (C=O) groups excluding carboxylic acids is 1. The molecule has 1 amide bonds. The average molecular weight is 257 g/mol. The number of amides is 1. The van der Waals surface area contributed by atoms with E-state index in [-0.39, 0.29) is 12.2 Å². The predicted molar refractivity (Wildman–Crippen MR) is 63.7 cm³/mol. The third-order valence-electron chi connectivity index (χ3n) is 2.19. The van der Waals surface area contributed by atoms with E-state index in [2.05, 4.69) is 4.98 Å². The largest absolute Gasteiger partial charge is 0.481 e. The highest BCUT2D eigenvalue weighted by molar-refractivity contribution is 7.99. The molecular weight excluding hydrogens is 242 g/mol. The predicted octanol–water partition coefficient (Wildman–Crippen LogP) is 0.670. The standard InChI is InChI=1S/C10H15N3O3S/c1-10(2,5-7(11)14)13-4-3-12-9(13)17-6-8(15)16/h3-4H,5-6H2,1-2H3,(H2,11,14)(H,15,16). The van der Waals surface area contributed by atoms with Crippen molar-refractivity contribution in [3.63, 3.8) is 0 Å². The van der Waals surface area contributed by atoms with Crippen molar-refractivity contribution in [2.45, 2.75) is 31.0 Å². The number of nitrogens with zero attached hydrogens (tertiary/aromatic N) is 2. The number of carboxylic acid groups (broad SMARTS) is 1. The van der Waals surface area contributed by atoms with Gasteiger partial charge in [0.1, 0.15) is 0 Å². The Morgan fingerprint density at radius 3 is 2.76 bits per heavy atom. The maximum Gasteiger partial charge on any atom is 0.313 e. The molecule has 1 aromatic heterocycles. The number of thioether (sulfide) groups is 1. The normalized spacial score (nSPS) is 11.4.